The van der Waals surface area contributed by atoms with Crippen LogP contribution in [0, 0.1) is 0 Å². The van der Waals surface area contributed by atoms with E-state index in [1.165, 1.54) is 5.56 Å². The first-order valence-corrected chi connectivity index (χ1v) is 9.72. The highest BCUT2D eigenvalue weighted by molar-refractivity contribution is 6.34. The number of amides is 2. The number of benzene rings is 1. The Hall–Kier alpha value is -2.40. The van der Waals surface area contributed by atoms with Crippen LogP contribution in [0.5, 0.6) is 0 Å². The summed E-state index contributed by atoms with van der Waals surface area (Å²) in [6.45, 7) is 1.86. The molecule has 2 aliphatic rings. The van der Waals surface area contributed by atoms with Crippen LogP contribution in [0.15, 0.2) is 24.5 Å². The third kappa shape index (κ3) is 3.10. The first kappa shape index (κ1) is 18.0. The summed E-state index contributed by atoms with van der Waals surface area (Å²) in [5, 5.41) is 3.67. The van der Waals surface area contributed by atoms with E-state index in [9.17, 15) is 9.59 Å². The van der Waals surface area contributed by atoms with Gasteiger partial charge in [0.25, 0.3) is 0 Å². The van der Waals surface area contributed by atoms with Gasteiger partial charge < -0.3 is 10.2 Å². The molecular weight excluding hydrogens is 362 g/mol. The topological polar surface area (TPSA) is 62.3 Å². The normalized spacial score (nSPS) is 18.3. The number of rotatable bonds is 3. The van der Waals surface area contributed by atoms with Crippen LogP contribution in [-0.4, -0.2) is 23.8 Å². The highest BCUT2D eigenvalue weighted by Crippen LogP contribution is 2.41. The Morgan fingerprint density at radius 2 is 2.11 bits per heavy atom. The second kappa shape index (κ2) is 6.97. The maximum absolute atomic E-state index is 12.0. The van der Waals surface area contributed by atoms with Crippen LogP contribution in [0.1, 0.15) is 48.9 Å². The minimum atomic E-state index is 0.0248. The lowest BCUT2D eigenvalue weighted by Crippen LogP contribution is -2.31. The highest BCUT2D eigenvalue weighted by Gasteiger charge is 2.28. The molecule has 2 aromatic rings. The van der Waals surface area contributed by atoms with Gasteiger partial charge in [0.1, 0.15) is 0 Å². The molecule has 0 spiro atoms. The van der Waals surface area contributed by atoms with Crippen molar-refractivity contribution >= 4 is 29.1 Å². The summed E-state index contributed by atoms with van der Waals surface area (Å²) in [5.41, 5.74) is 6.30. The molecular formula is C21H22ClN3O2. The van der Waals surface area contributed by atoms with E-state index in [1.54, 1.807) is 11.9 Å². The molecule has 0 fully saturated rings. The van der Waals surface area contributed by atoms with E-state index in [0.29, 0.717) is 24.3 Å². The van der Waals surface area contributed by atoms with E-state index in [0.717, 1.165) is 40.8 Å². The smallest absolute Gasteiger partial charge is 0.227 e. The van der Waals surface area contributed by atoms with Gasteiger partial charge in [-0.15, -0.1) is 0 Å². The minimum absolute atomic E-state index is 0.0248. The van der Waals surface area contributed by atoms with Gasteiger partial charge in [0.2, 0.25) is 11.8 Å². The van der Waals surface area contributed by atoms with Crippen LogP contribution in [0.2, 0.25) is 5.02 Å². The van der Waals surface area contributed by atoms with Gasteiger partial charge in [-0.3, -0.25) is 14.6 Å². The van der Waals surface area contributed by atoms with Crippen molar-refractivity contribution in [1.82, 2.24) is 10.3 Å². The second-order valence-electron chi connectivity index (χ2n) is 7.19. The van der Waals surface area contributed by atoms with Crippen molar-refractivity contribution in [1.29, 1.82) is 0 Å². The van der Waals surface area contributed by atoms with Crippen LogP contribution in [-0.2, 0) is 22.4 Å². The first-order valence-electron chi connectivity index (χ1n) is 9.35. The van der Waals surface area contributed by atoms with Crippen LogP contribution in [0.4, 0.5) is 5.69 Å². The fourth-order valence-electron chi connectivity index (χ4n) is 4.13. The number of aromatic nitrogens is 1. The third-order valence-corrected chi connectivity index (χ3v) is 5.86. The first-order chi connectivity index (χ1) is 13.0. The molecule has 2 amide bonds. The third-order valence-electron chi connectivity index (χ3n) is 5.58. The van der Waals surface area contributed by atoms with Gasteiger partial charge in [-0.2, -0.15) is 0 Å². The van der Waals surface area contributed by atoms with Gasteiger partial charge in [-0.05, 0) is 53.6 Å². The second-order valence-corrected chi connectivity index (χ2v) is 7.59. The summed E-state index contributed by atoms with van der Waals surface area (Å²) in [4.78, 5) is 29.9. The number of hydrogen-bond acceptors (Lipinski definition) is 3. The molecule has 1 aliphatic heterocycles. The molecule has 1 atom stereocenters. The number of halogens is 1. The number of pyridine rings is 1. The molecule has 1 aliphatic carbocycles. The summed E-state index contributed by atoms with van der Waals surface area (Å²) in [6, 6.07) is 4.07. The van der Waals surface area contributed by atoms with Crippen molar-refractivity contribution in [2.75, 3.05) is 11.9 Å². The van der Waals surface area contributed by atoms with Gasteiger partial charge >= 0.3 is 0 Å². The van der Waals surface area contributed by atoms with E-state index in [2.05, 4.69) is 16.4 Å². The van der Waals surface area contributed by atoms with Gasteiger partial charge in [0, 0.05) is 37.8 Å². The van der Waals surface area contributed by atoms with E-state index in [-0.39, 0.29) is 17.9 Å². The van der Waals surface area contributed by atoms with Crippen molar-refractivity contribution in [3.05, 3.63) is 46.2 Å². The lowest BCUT2D eigenvalue weighted by atomic mass is 9.93. The van der Waals surface area contributed by atoms with Gasteiger partial charge in [-0.25, -0.2) is 0 Å². The Kier molecular flexibility index (Phi) is 4.64. The Morgan fingerprint density at radius 3 is 2.89 bits per heavy atom. The number of fused-ring (bicyclic) bond motifs is 2. The van der Waals surface area contributed by atoms with E-state index in [1.807, 2.05) is 25.4 Å². The Bertz CT molecular complexity index is 941. The molecule has 140 valence electrons. The van der Waals surface area contributed by atoms with E-state index in [4.69, 9.17) is 11.6 Å². The van der Waals surface area contributed by atoms with E-state index >= 15 is 0 Å². The Balaban J connectivity index is 1.75. The zero-order valence-electron chi connectivity index (χ0n) is 15.5. The number of anilines is 1. The fourth-order valence-corrected chi connectivity index (χ4v) is 4.50. The van der Waals surface area contributed by atoms with Gasteiger partial charge in [0.05, 0.1) is 16.8 Å². The molecule has 0 saturated heterocycles. The molecule has 0 radical (unpaired) electrons. The number of carbonyl (C=O) groups is 2. The predicted molar refractivity (Wildman–Crippen MR) is 106 cm³/mol. The quantitative estimate of drug-likeness (QED) is 0.876. The molecule has 0 bridgehead atoms. The van der Waals surface area contributed by atoms with Crippen molar-refractivity contribution in [2.45, 2.75) is 45.1 Å². The highest BCUT2D eigenvalue weighted by atomic mass is 35.5. The molecule has 2 heterocycles. The molecule has 4 rings (SSSR count). The van der Waals surface area contributed by atoms with Crippen LogP contribution >= 0.6 is 11.6 Å². The van der Waals surface area contributed by atoms with Crippen LogP contribution in [0.3, 0.4) is 0 Å². The summed E-state index contributed by atoms with van der Waals surface area (Å²) in [5.74, 6) is 0.150. The van der Waals surface area contributed by atoms with E-state index < -0.39 is 0 Å². The summed E-state index contributed by atoms with van der Waals surface area (Å²) in [6.07, 6.45) is 7.19. The van der Waals surface area contributed by atoms with Crippen LogP contribution in [0.25, 0.3) is 11.1 Å². The molecule has 0 saturated carbocycles. The van der Waals surface area contributed by atoms with Crippen molar-refractivity contribution in [2.24, 2.45) is 0 Å². The molecule has 5 nitrogen and oxygen atoms in total. The zero-order chi connectivity index (χ0) is 19.1. The summed E-state index contributed by atoms with van der Waals surface area (Å²) in [7, 11) is 1.77. The molecule has 27 heavy (non-hydrogen) atoms. The lowest BCUT2D eigenvalue weighted by Gasteiger charge is -2.27. The lowest BCUT2D eigenvalue weighted by molar-refractivity contribution is -0.121. The molecule has 1 aromatic heterocycles. The maximum Gasteiger partial charge on any atom is 0.227 e. The van der Waals surface area contributed by atoms with Crippen molar-refractivity contribution in [3.8, 4) is 11.1 Å². The standard InChI is InChI=1S/C21H22ClN3O2/c1-3-19(26)24-18-6-5-14-15(10-23-11-16(14)18)13-8-12-4-7-20(27)25(2)21(12)17(22)9-13/h8-11,18H,3-7H2,1-2H3,(H,24,26). The Labute approximate surface area is 163 Å². The predicted octanol–water partition coefficient (Wildman–Crippen LogP) is 3.82. The molecule has 1 N–H and O–H groups in total. The van der Waals surface area contributed by atoms with Crippen LogP contribution < -0.4 is 10.2 Å². The molecule has 1 unspecified atom stereocenters. The largest absolute Gasteiger partial charge is 0.349 e. The number of aryl methyl sites for hydroxylation is 1. The summed E-state index contributed by atoms with van der Waals surface area (Å²) >= 11 is 6.55. The van der Waals surface area contributed by atoms with Crippen molar-refractivity contribution in [3.63, 3.8) is 0 Å². The SMILES string of the molecule is CCC(=O)NC1CCc2c(-c3cc(Cl)c4c(c3)CCC(=O)N4C)cncc21. The number of nitrogens with zero attached hydrogens (tertiary/aromatic N) is 2. The maximum atomic E-state index is 12.0. The zero-order valence-corrected chi connectivity index (χ0v) is 16.3. The average molecular weight is 384 g/mol. The Morgan fingerprint density at radius 1 is 1.30 bits per heavy atom. The van der Waals surface area contributed by atoms with Crippen molar-refractivity contribution < 1.29 is 9.59 Å². The minimum Gasteiger partial charge on any atom is -0.349 e. The number of nitrogens with one attached hydrogen (secondary N) is 1. The number of hydrogen-bond donors (Lipinski definition) is 1. The summed E-state index contributed by atoms with van der Waals surface area (Å²) < 4.78 is 0. The van der Waals surface area contributed by atoms with Gasteiger partial charge in [0.15, 0.2) is 0 Å². The monoisotopic (exact) mass is 383 g/mol. The van der Waals surface area contributed by atoms with Gasteiger partial charge in [-0.1, -0.05) is 18.5 Å². The molecule has 1 aromatic carbocycles. The molecule has 6 heteroatoms. The fraction of sp³-hybridized carbons (Fsp3) is 0.381. The average Bonchev–Trinajstić information content (AvgIpc) is 3.07. The number of carbonyl (C=O) groups excluding carboxylic acids is 2.